The summed E-state index contributed by atoms with van der Waals surface area (Å²) in [5.74, 6) is 0. The molecule has 0 saturated heterocycles. The average Bonchev–Trinajstić information content (AvgIpc) is 3.59. The second kappa shape index (κ2) is 9.08. The van der Waals surface area contributed by atoms with Gasteiger partial charge in [0.2, 0.25) is 0 Å². The SMILES string of the molecule is C=C/C(=C\C(=C/C)c1cc2c(-c3cc4c(C5=CCC=C5)ccnc4[nH]3)n[nH]c2cn1)CN(C)C. The number of pyridine rings is 2. The highest BCUT2D eigenvalue weighted by molar-refractivity contribution is 6.00. The van der Waals surface area contributed by atoms with Crippen LogP contribution in [-0.2, 0) is 0 Å². The Bertz CT molecular complexity index is 1510. The normalized spacial score (nSPS) is 14.5. The number of allylic oxidation sites excluding steroid dienone is 7. The third-order valence-corrected chi connectivity index (χ3v) is 6.03. The van der Waals surface area contributed by atoms with E-state index in [-0.39, 0.29) is 0 Å². The molecule has 0 amide bonds. The van der Waals surface area contributed by atoms with E-state index in [1.165, 1.54) is 11.1 Å². The van der Waals surface area contributed by atoms with Gasteiger partial charge in [-0.2, -0.15) is 5.10 Å². The molecule has 4 aromatic heterocycles. The summed E-state index contributed by atoms with van der Waals surface area (Å²) in [6, 6.07) is 6.31. The fraction of sp³-hybridized carbons (Fsp3) is 0.179. The molecule has 1 aliphatic carbocycles. The van der Waals surface area contributed by atoms with Gasteiger partial charge in [0.25, 0.3) is 0 Å². The molecule has 6 nitrogen and oxygen atoms in total. The molecule has 0 saturated carbocycles. The Labute approximate surface area is 199 Å². The predicted octanol–water partition coefficient (Wildman–Crippen LogP) is 5.92. The van der Waals surface area contributed by atoms with Gasteiger partial charge in [-0.1, -0.05) is 37.0 Å². The van der Waals surface area contributed by atoms with Crippen molar-refractivity contribution in [2.24, 2.45) is 0 Å². The molecule has 0 atom stereocenters. The third-order valence-electron chi connectivity index (χ3n) is 6.03. The number of nitrogens with one attached hydrogen (secondary N) is 2. The molecule has 5 rings (SSSR count). The summed E-state index contributed by atoms with van der Waals surface area (Å²) in [4.78, 5) is 14.8. The highest BCUT2D eigenvalue weighted by Crippen LogP contribution is 2.33. The Balaban J connectivity index is 1.58. The standard InChI is InChI=1S/C28H28N6/c1-5-18(17-34(3)4)13-19(6-2)24-15-23-26(16-30-24)32-33-27(23)25-14-22-21(20-9-7-8-10-20)11-12-29-28(22)31-25/h5-7,9-16H,1,8,17H2,2-4H3,(H,29,31)(H,32,33)/b18-13+,19-6+. The Hall–Kier alpha value is -4.03. The highest BCUT2D eigenvalue weighted by Gasteiger charge is 2.16. The number of hydrogen-bond donors (Lipinski definition) is 2. The van der Waals surface area contributed by atoms with Crippen molar-refractivity contribution in [3.8, 4) is 11.4 Å². The Morgan fingerprint density at radius 1 is 1.21 bits per heavy atom. The van der Waals surface area contributed by atoms with E-state index in [0.717, 1.165) is 63.1 Å². The van der Waals surface area contributed by atoms with Crippen LogP contribution in [0.4, 0.5) is 0 Å². The van der Waals surface area contributed by atoms with Crippen LogP contribution in [0.2, 0.25) is 0 Å². The summed E-state index contributed by atoms with van der Waals surface area (Å²) in [5.41, 5.74) is 9.03. The average molecular weight is 449 g/mol. The molecular weight excluding hydrogens is 420 g/mol. The fourth-order valence-electron chi connectivity index (χ4n) is 4.38. The summed E-state index contributed by atoms with van der Waals surface area (Å²) in [5, 5.41) is 9.86. The van der Waals surface area contributed by atoms with Crippen LogP contribution in [0.15, 0.2) is 79.2 Å². The van der Waals surface area contributed by atoms with E-state index in [1.54, 1.807) is 0 Å². The highest BCUT2D eigenvalue weighted by atomic mass is 15.1. The maximum absolute atomic E-state index is 4.69. The van der Waals surface area contributed by atoms with Gasteiger partial charge in [0.1, 0.15) is 11.3 Å². The number of nitrogens with zero attached hydrogens (tertiary/aromatic N) is 4. The van der Waals surface area contributed by atoms with Gasteiger partial charge in [0, 0.05) is 23.5 Å². The lowest BCUT2D eigenvalue weighted by molar-refractivity contribution is 0.449. The van der Waals surface area contributed by atoms with Crippen molar-refractivity contribution in [2.45, 2.75) is 13.3 Å². The molecule has 4 aromatic rings. The van der Waals surface area contributed by atoms with Crippen molar-refractivity contribution >= 4 is 33.1 Å². The van der Waals surface area contributed by atoms with E-state index < -0.39 is 0 Å². The second-order valence-electron chi connectivity index (χ2n) is 8.69. The van der Waals surface area contributed by atoms with Gasteiger partial charge in [0.05, 0.1) is 23.1 Å². The molecule has 0 aromatic carbocycles. The molecule has 0 spiro atoms. The quantitative estimate of drug-likeness (QED) is 0.344. The van der Waals surface area contributed by atoms with Crippen LogP contribution in [0.3, 0.4) is 0 Å². The van der Waals surface area contributed by atoms with Gasteiger partial charge in [-0.3, -0.25) is 10.1 Å². The van der Waals surface area contributed by atoms with E-state index in [9.17, 15) is 0 Å². The lowest BCUT2D eigenvalue weighted by Gasteiger charge is -2.11. The minimum atomic E-state index is 0.816. The monoisotopic (exact) mass is 448 g/mol. The summed E-state index contributed by atoms with van der Waals surface area (Å²) in [6.07, 6.45) is 17.4. The maximum Gasteiger partial charge on any atom is 0.138 e. The second-order valence-corrected chi connectivity index (χ2v) is 8.69. The van der Waals surface area contributed by atoms with Crippen LogP contribution < -0.4 is 0 Å². The summed E-state index contributed by atoms with van der Waals surface area (Å²) in [6.45, 7) is 6.82. The first-order valence-electron chi connectivity index (χ1n) is 11.4. The van der Waals surface area contributed by atoms with Gasteiger partial charge >= 0.3 is 0 Å². The number of hydrogen-bond acceptors (Lipinski definition) is 4. The van der Waals surface area contributed by atoms with Crippen LogP contribution in [-0.4, -0.2) is 50.7 Å². The van der Waals surface area contributed by atoms with E-state index in [4.69, 9.17) is 4.98 Å². The molecule has 34 heavy (non-hydrogen) atoms. The first kappa shape index (κ1) is 21.8. The molecular formula is C28H28N6. The van der Waals surface area contributed by atoms with Gasteiger partial charge < -0.3 is 9.88 Å². The van der Waals surface area contributed by atoms with Crippen LogP contribution in [0, 0.1) is 0 Å². The lowest BCUT2D eigenvalue weighted by atomic mass is 10.0. The molecule has 170 valence electrons. The van der Waals surface area contributed by atoms with Crippen LogP contribution in [0.1, 0.15) is 24.6 Å². The molecule has 0 bridgehead atoms. The van der Waals surface area contributed by atoms with Gasteiger partial charge in [-0.25, -0.2) is 4.98 Å². The van der Waals surface area contributed by atoms with Crippen molar-refractivity contribution < 1.29 is 0 Å². The Kier molecular flexibility index (Phi) is 5.82. The molecule has 2 N–H and O–H groups in total. The minimum Gasteiger partial charge on any atom is -0.338 e. The smallest absolute Gasteiger partial charge is 0.138 e. The largest absolute Gasteiger partial charge is 0.338 e. The van der Waals surface area contributed by atoms with Crippen LogP contribution in [0.5, 0.6) is 0 Å². The number of aromatic nitrogens is 5. The van der Waals surface area contributed by atoms with Crippen molar-refractivity contribution in [1.82, 2.24) is 30.0 Å². The van der Waals surface area contributed by atoms with E-state index >= 15 is 0 Å². The zero-order valence-electron chi connectivity index (χ0n) is 19.8. The first-order chi connectivity index (χ1) is 16.6. The minimum absolute atomic E-state index is 0.816. The lowest BCUT2D eigenvalue weighted by Crippen LogP contribution is -2.14. The van der Waals surface area contributed by atoms with Crippen LogP contribution >= 0.6 is 0 Å². The Morgan fingerprint density at radius 2 is 2.09 bits per heavy atom. The molecule has 0 radical (unpaired) electrons. The molecule has 4 heterocycles. The topological polar surface area (TPSA) is 73.5 Å². The van der Waals surface area contributed by atoms with Crippen LogP contribution in [0.25, 0.3) is 44.5 Å². The summed E-state index contributed by atoms with van der Waals surface area (Å²) >= 11 is 0. The molecule has 1 aliphatic rings. The van der Waals surface area contributed by atoms with Gasteiger partial charge in [-0.05, 0) is 74.0 Å². The van der Waals surface area contributed by atoms with E-state index in [0.29, 0.717) is 0 Å². The number of aromatic amines is 2. The van der Waals surface area contributed by atoms with Crippen molar-refractivity contribution in [3.05, 3.63) is 90.5 Å². The molecule has 0 fully saturated rings. The first-order valence-corrected chi connectivity index (χ1v) is 11.4. The predicted molar refractivity (Wildman–Crippen MR) is 141 cm³/mol. The fourth-order valence-corrected chi connectivity index (χ4v) is 4.38. The number of likely N-dealkylation sites (N-methyl/N-ethyl adjacent to an activating group) is 1. The third kappa shape index (κ3) is 4.04. The zero-order valence-corrected chi connectivity index (χ0v) is 19.8. The molecule has 0 aliphatic heterocycles. The zero-order chi connectivity index (χ0) is 23.7. The molecule has 0 unspecified atom stereocenters. The van der Waals surface area contributed by atoms with Crippen molar-refractivity contribution in [3.63, 3.8) is 0 Å². The number of H-pyrrole nitrogens is 2. The van der Waals surface area contributed by atoms with Crippen molar-refractivity contribution in [2.75, 3.05) is 20.6 Å². The summed E-state index contributed by atoms with van der Waals surface area (Å²) < 4.78 is 0. The number of rotatable bonds is 7. The van der Waals surface area contributed by atoms with Crippen molar-refractivity contribution in [1.29, 1.82) is 0 Å². The van der Waals surface area contributed by atoms with E-state index in [1.807, 2.05) is 25.4 Å². The summed E-state index contributed by atoms with van der Waals surface area (Å²) in [7, 11) is 4.10. The van der Waals surface area contributed by atoms with E-state index in [2.05, 4.69) is 94.3 Å². The van der Waals surface area contributed by atoms with Gasteiger partial charge in [0.15, 0.2) is 0 Å². The Morgan fingerprint density at radius 3 is 2.82 bits per heavy atom. The number of fused-ring (bicyclic) bond motifs is 2. The van der Waals surface area contributed by atoms with Gasteiger partial charge in [-0.15, -0.1) is 0 Å². The maximum atomic E-state index is 4.69. The molecule has 6 heteroatoms.